The first-order valence-electron chi connectivity index (χ1n) is 5.28. The van der Waals surface area contributed by atoms with Gasteiger partial charge in [0, 0.05) is 11.6 Å². The van der Waals surface area contributed by atoms with E-state index in [1.807, 2.05) is 35.7 Å². The average molecular weight is 277 g/mol. The van der Waals surface area contributed by atoms with E-state index in [9.17, 15) is 4.79 Å². The molecule has 0 spiro atoms. The average Bonchev–Trinajstić information content (AvgIpc) is 2.82. The Labute approximate surface area is 114 Å². The van der Waals surface area contributed by atoms with E-state index in [2.05, 4.69) is 15.6 Å². The van der Waals surface area contributed by atoms with E-state index in [4.69, 9.17) is 12.2 Å². The maximum atomic E-state index is 11.7. The van der Waals surface area contributed by atoms with Crippen molar-refractivity contribution in [1.29, 1.82) is 0 Å². The number of aromatic nitrogens is 1. The van der Waals surface area contributed by atoms with Gasteiger partial charge in [-0.1, -0.05) is 30.3 Å². The number of nitrogens with zero attached hydrogens (tertiary/aromatic N) is 1. The highest BCUT2D eigenvalue weighted by atomic mass is 32.1. The molecule has 0 unspecified atom stereocenters. The molecule has 0 bridgehead atoms. The number of nitrogens with one attached hydrogen (secondary N) is 2. The molecule has 92 valence electrons. The monoisotopic (exact) mass is 277 g/mol. The van der Waals surface area contributed by atoms with Crippen LogP contribution in [0.25, 0.3) is 0 Å². The quantitative estimate of drug-likeness (QED) is 0.845. The highest BCUT2D eigenvalue weighted by Crippen LogP contribution is 2.09. The smallest absolute Gasteiger partial charge is 0.230 e. The molecule has 2 N–H and O–H groups in total. The fourth-order valence-electron chi connectivity index (χ4n) is 1.37. The summed E-state index contributed by atoms with van der Waals surface area (Å²) in [5, 5.41) is 8.23. The van der Waals surface area contributed by atoms with Crippen LogP contribution in [0.2, 0.25) is 0 Å². The molecule has 1 aromatic carbocycles. The second-order valence-electron chi connectivity index (χ2n) is 3.50. The molecule has 0 saturated carbocycles. The fourth-order valence-corrected chi connectivity index (χ4v) is 2.17. The van der Waals surface area contributed by atoms with Gasteiger partial charge in [0.05, 0.1) is 6.42 Å². The maximum absolute atomic E-state index is 11.7. The Hall–Kier alpha value is -1.79. The van der Waals surface area contributed by atoms with Crippen LogP contribution in [0.5, 0.6) is 0 Å². The van der Waals surface area contributed by atoms with Crippen LogP contribution in [0.3, 0.4) is 0 Å². The predicted octanol–water partition coefficient (Wildman–Crippen LogP) is 2.20. The minimum Gasteiger partial charge on any atom is -0.308 e. The van der Waals surface area contributed by atoms with Crippen LogP contribution in [0.1, 0.15) is 5.56 Å². The van der Waals surface area contributed by atoms with Crippen molar-refractivity contribution in [2.75, 3.05) is 5.32 Å². The number of anilines is 1. The summed E-state index contributed by atoms with van der Waals surface area (Å²) in [5.41, 5.74) is 0.951. The highest BCUT2D eigenvalue weighted by molar-refractivity contribution is 7.80. The van der Waals surface area contributed by atoms with Crippen molar-refractivity contribution in [1.82, 2.24) is 10.3 Å². The van der Waals surface area contributed by atoms with Gasteiger partial charge < -0.3 is 10.6 Å². The van der Waals surface area contributed by atoms with Crippen molar-refractivity contribution in [2.24, 2.45) is 0 Å². The second-order valence-corrected chi connectivity index (χ2v) is 4.80. The molecule has 18 heavy (non-hydrogen) atoms. The maximum Gasteiger partial charge on any atom is 0.230 e. The van der Waals surface area contributed by atoms with Crippen LogP contribution in [-0.2, 0) is 11.2 Å². The van der Waals surface area contributed by atoms with E-state index >= 15 is 0 Å². The number of amides is 1. The van der Waals surface area contributed by atoms with Crippen LogP contribution >= 0.6 is 23.6 Å². The predicted molar refractivity (Wildman–Crippen MR) is 76.6 cm³/mol. The zero-order valence-electron chi connectivity index (χ0n) is 9.42. The summed E-state index contributed by atoms with van der Waals surface area (Å²) in [6.45, 7) is 0. The second kappa shape index (κ2) is 6.23. The lowest BCUT2D eigenvalue weighted by Gasteiger charge is -2.06. The summed E-state index contributed by atoms with van der Waals surface area (Å²) < 4.78 is 0. The van der Waals surface area contributed by atoms with Gasteiger partial charge in [0.25, 0.3) is 0 Å². The summed E-state index contributed by atoms with van der Waals surface area (Å²) in [6.07, 6.45) is 1.97. The normalized spacial score (nSPS) is 9.78. The van der Waals surface area contributed by atoms with Crippen LogP contribution < -0.4 is 10.6 Å². The zero-order chi connectivity index (χ0) is 12.8. The lowest BCUT2D eigenvalue weighted by molar-refractivity contribution is -0.119. The molecule has 0 aliphatic carbocycles. The molecule has 0 radical (unpaired) electrons. The van der Waals surface area contributed by atoms with Gasteiger partial charge in [-0.25, -0.2) is 4.98 Å². The van der Waals surface area contributed by atoms with Crippen LogP contribution in [0.4, 0.5) is 5.13 Å². The summed E-state index contributed by atoms with van der Waals surface area (Å²) in [6, 6.07) is 9.51. The molecule has 4 nitrogen and oxygen atoms in total. The third-order valence-corrected chi connectivity index (χ3v) is 3.01. The third-order valence-electron chi connectivity index (χ3n) is 2.11. The Bertz CT molecular complexity index is 526. The largest absolute Gasteiger partial charge is 0.308 e. The summed E-state index contributed by atoms with van der Waals surface area (Å²) >= 11 is 6.44. The molecule has 1 aromatic heterocycles. The molecule has 1 amide bonds. The minimum atomic E-state index is -0.143. The van der Waals surface area contributed by atoms with Crippen molar-refractivity contribution in [3.05, 3.63) is 47.5 Å². The Balaban J connectivity index is 1.82. The first-order valence-corrected chi connectivity index (χ1v) is 6.57. The molecular formula is C12H11N3OS2. The zero-order valence-corrected chi connectivity index (χ0v) is 11.1. The lowest BCUT2D eigenvalue weighted by Crippen LogP contribution is -2.35. The molecule has 0 saturated heterocycles. The molecular weight excluding hydrogens is 266 g/mol. The van der Waals surface area contributed by atoms with E-state index in [0.717, 1.165) is 5.56 Å². The fraction of sp³-hybridized carbons (Fsp3) is 0.0833. The van der Waals surface area contributed by atoms with Crippen LogP contribution in [0.15, 0.2) is 41.9 Å². The lowest BCUT2D eigenvalue weighted by atomic mass is 10.1. The first kappa shape index (κ1) is 12.7. The molecule has 2 aromatic rings. The van der Waals surface area contributed by atoms with Crippen molar-refractivity contribution in [3.63, 3.8) is 0 Å². The molecule has 0 aliphatic rings. The number of carbonyl (C=O) groups is 1. The minimum absolute atomic E-state index is 0.143. The number of thiazole rings is 1. The molecule has 0 fully saturated rings. The number of hydrogen-bond acceptors (Lipinski definition) is 4. The van der Waals surface area contributed by atoms with Gasteiger partial charge >= 0.3 is 0 Å². The molecule has 2 rings (SSSR count). The van der Waals surface area contributed by atoms with Gasteiger partial charge in [-0.15, -0.1) is 11.3 Å². The summed E-state index contributed by atoms with van der Waals surface area (Å²) in [5.74, 6) is -0.143. The van der Waals surface area contributed by atoms with Crippen molar-refractivity contribution in [3.8, 4) is 0 Å². The van der Waals surface area contributed by atoms with E-state index in [0.29, 0.717) is 11.6 Å². The van der Waals surface area contributed by atoms with Gasteiger partial charge in [0.15, 0.2) is 10.2 Å². The van der Waals surface area contributed by atoms with E-state index in [-0.39, 0.29) is 11.0 Å². The van der Waals surface area contributed by atoms with E-state index in [1.54, 1.807) is 6.20 Å². The van der Waals surface area contributed by atoms with Gasteiger partial charge in [0.1, 0.15) is 0 Å². The van der Waals surface area contributed by atoms with E-state index < -0.39 is 0 Å². The van der Waals surface area contributed by atoms with E-state index in [1.165, 1.54) is 11.3 Å². The topological polar surface area (TPSA) is 54.0 Å². The number of carbonyl (C=O) groups excluding carboxylic acids is 1. The number of hydrogen-bond donors (Lipinski definition) is 2. The number of rotatable bonds is 3. The Morgan fingerprint density at radius 2 is 2.11 bits per heavy atom. The SMILES string of the molecule is O=C(Cc1ccccc1)NC(=S)Nc1nccs1. The highest BCUT2D eigenvalue weighted by Gasteiger charge is 2.06. The van der Waals surface area contributed by atoms with Crippen molar-refractivity contribution in [2.45, 2.75) is 6.42 Å². The molecule has 1 heterocycles. The molecule has 0 aliphatic heterocycles. The molecule has 0 atom stereocenters. The van der Waals surface area contributed by atoms with Crippen LogP contribution in [-0.4, -0.2) is 16.0 Å². The van der Waals surface area contributed by atoms with Gasteiger partial charge in [0.2, 0.25) is 5.91 Å². The van der Waals surface area contributed by atoms with Crippen molar-refractivity contribution >= 4 is 39.7 Å². The summed E-state index contributed by atoms with van der Waals surface area (Å²) in [4.78, 5) is 15.7. The first-order chi connectivity index (χ1) is 8.74. The standard InChI is InChI=1S/C12H11N3OS2/c16-10(8-9-4-2-1-3-5-9)14-11(17)15-12-13-6-7-18-12/h1-7H,8H2,(H2,13,14,15,16,17). The Morgan fingerprint density at radius 1 is 1.33 bits per heavy atom. The van der Waals surface area contributed by atoms with Crippen molar-refractivity contribution < 1.29 is 4.79 Å². The van der Waals surface area contributed by atoms with Crippen LogP contribution in [0, 0.1) is 0 Å². The number of thiocarbonyl (C=S) groups is 1. The summed E-state index contributed by atoms with van der Waals surface area (Å²) in [7, 11) is 0. The van der Waals surface area contributed by atoms with Gasteiger partial charge in [-0.3, -0.25) is 4.79 Å². The number of benzene rings is 1. The Kier molecular flexibility index (Phi) is 4.38. The third kappa shape index (κ3) is 3.90. The van der Waals surface area contributed by atoms with Gasteiger partial charge in [-0.05, 0) is 17.8 Å². The molecule has 6 heteroatoms. The Morgan fingerprint density at radius 3 is 2.78 bits per heavy atom. The van der Waals surface area contributed by atoms with Gasteiger partial charge in [-0.2, -0.15) is 0 Å².